The average Bonchev–Trinajstić information content (AvgIpc) is 3.03. The van der Waals surface area contributed by atoms with Gasteiger partial charge in [-0.15, -0.1) is 11.3 Å². The summed E-state index contributed by atoms with van der Waals surface area (Å²) in [6.45, 7) is 6.33. The standard InChI is InChI=1S/C15H23NO2S/c1-9(2)6-11(8-17)16-15(18)13-7-12(13)14-10(3)4-5-19-14/h4-5,9,11-13,17H,6-8H2,1-3H3,(H,16,18). The van der Waals surface area contributed by atoms with Crippen LogP contribution in [0, 0.1) is 18.8 Å². The number of amides is 1. The van der Waals surface area contributed by atoms with Gasteiger partial charge >= 0.3 is 0 Å². The summed E-state index contributed by atoms with van der Waals surface area (Å²) in [5, 5.41) is 14.4. The SMILES string of the molecule is Cc1ccsc1C1CC1C(=O)NC(CO)CC(C)C. The van der Waals surface area contributed by atoms with E-state index in [1.54, 1.807) is 11.3 Å². The van der Waals surface area contributed by atoms with Crippen molar-refractivity contribution in [2.24, 2.45) is 11.8 Å². The van der Waals surface area contributed by atoms with Crippen molar-refractivity contribution in [2.45, 2.75) is 45.6 Å². The van der Waals surface area contributed by atoms with Crippen LogP contribution >= 0.6 is 11.3 Å². The molecular formula is C15H23NO2S. The molecule has 4 heteroatoms. The predicted octanol–water partition coefficient (Wildman–Crippen LogP) is 2.68. The van der Waals surface area contributed by atoms with Crippen molar-refractivity contribution in [2.75, 3.05) is 6.61 Å². The maximum absolute atomic E-state index is 12.2. The fraction of sp³-hybridized carbons (Fsp3) is 0.667. The number of thiophene rings is 1. The Balaban J connectivity index is 1.87. The molecule has 106 valence electrons. The van der Waals surface area contributed by atoms with E-state index in [4.69, 9.17) is 0 Å². The third-order valence-corrected chi connectivity index (χ3v) is 4.84. The van der Waals surface area contributed by atoms with E-state index in [1.165, 1.54) is 10.4 Å². The third kappa shape index (κ3) is 3.57. The second-order valence-corrected chi connectivity index (χ2v) is 6.88. The molecule has 3 nitrogen and oxygen atoms in total. The molecule has 1 aromatic rings. The van der Waals surface area contributed by atoms with Crippen LogP contribution in [0.2, 0.25) is 0 Å². The van der Waals surface area contributed by atoms with Crippen LogP contribution in [-0.4, -0.2) is 23.7 Å². The Morgan fingerprint density at radius 1 is 1.58 bits per heavy atom. The Kier molecular flexibility index (Phi) is 4.63. The average molecular weight is 281 g/mol. The monoisotopic (exact) mass is 281 g/mol. The summed E-state index contributed by atoms with van der Waals surface area (Å²) >= 11 is 1.75. The molecule has 0 radical (unpaired) electrons. The van der Waals surface area contributed by atoms with Crippen LogP contribution in [0.25, 0.3) is 0 Å². The normalized spacial score (nSPS) is 23.4. The maximum Gasteiger partial charge on any atom is 0.224 e. The summed E-state index contributed by atoms with van der Waals surface area (Å²) in [6.07, 6.45) is 1.78. The molecule has 2 rings (SSSR count). The molecule has 0 aromatic carbocycles. The fourth-order valence-corrected chi connectivity index (χ4v) is 3.70. The van der Waals surface area contributed by atoms with Gasteiger partial charge in [0.2, 0.25) is 5.91 Å². The van der Waals surface area contributed by atoms with Crippen molar-refractivity contribution < 1.29 is 9.90 Å². The fourth-order valence-electron chi connectivity index (χ4n) is 2.60. The summed E-state index contributed by atoms with van der Waals surface area (Å²) in [5.74, 6) is 1.10. The molecule has 3 atom stereocenters. The van der Waals surface area contributed by atoms with E-state index < -0.39 is 0 Å². The largest absolute Gasteiger partial charge is 0.394 e. The predicted molar refractivity (Wildman–Crippen MR) is 78.4 cm³/mol. The molecule has 0 spiro atoms. The first kappa shape index (κ1) is 14.5. The molecule has 1 aliphatic carbocycles. The summed E-state index contributed by atoms with van der Waals surface area (Å²) < 4.78 is 0. The number of carbonyl (C=O) groups excluding carboxylic acids is 1. The van der Waals surface area contributed by atoms with Crippen LogP contribution < -0.4 is 5.32 Å². The third-order valence-electron chi connectivity index (χ3n) is 3.69. The maximum atomic E-state index is 12.2. The zero-order valence-electron chi connectivity index (χ0n) is 11.8. The molecule has 1 saturated carbocycles. The minimum Gasteiger partial charge on any atom is -0.394 e. The number of rotatable bonds is 6. The minimum atomic E-state index is -0.0989. The Morgan fingerprint density at radius 2 is 2.32 bits per heavy atom. The second-order valence-electron chi connectivity index (χ2n) is 5.93. The summed E-state index contributed by atoms with van der Waals surface area (Å²) in [4.78, 5) is 13.5. The Morgan fingerprint density at radius 3 is 2.84 bits per heavy atom. The molecule has 1 aliphatic rings. The quantitative estimate of drug-likeness (QED) is 0.842. The van der Waals surface area contributed by atoms with Crippen LogP contribution in [0.5, 0.6) is 0 Å². The number of hydrogen-bond acceptors (Lipinski definition) is 3. The number of aryl methyl sites for hydroxylation is 1. The van der Waals surface area contributed by atoms with Crippen molar-refractivity contribution in [3.05, 3.63) is 21.9 Å². The van der Waals surface area contributed by atoms with Crippen molar-refractivity contribution in [1.82, 2.24) is 5.32 Å². The van der Waals surface area contributed by atoms with Crippen molar-refractivity contribution in [3.8, 4) is 0 Å². The highest BCUT2D eigenvalue weighted by Crippen LogP contribution is 2.50. The lowest BCUT2D eigenvalue weighted by Crippen LogP contribution is -2.39. The number of aliphatic hydroxyl groups excluding tert-OH is 1. The van der Waals surface area contributed by atoms with E-state index in [2.05, 4.69) is 37.5 Å². The van der Waals surface area contributed by atoms with Gasteiger partial charge in [-0.3, -0.25) is 4.79 Å². The highest BCUT2D eigenvalue weighted by molar-refractivity contribution is 7.10. The van der Waals surface area contributed by atoms with Gasteiger partial charge in [0.1, 0.15) is 0 Å². The zero-order valence-corrected chi connectivity index (χ0v) is 12.7. The van der Waals surface area contributed by atoms with Gasteiger partial charge in [-0.05, 0) is 42.7 Å². The van der Waals surface area contributed by atoms with Crippen LogP contribution in [0.1, 0.15) is 43.0 Å². The van der Waals surface area contributed by atoms with Crippen LogP contribution in [0.4, 0.5) is 0 Å². The Hall–Kier alpha value is -0.870. The Labute approximate surface area is 119 Å². The van der Waals surface area contributed by atoms with Gasteiger partial charge in [0.15, 0.2) is 0 Å². The van der Waals surface area contributed by atoms with E-state index in [0.717, 1.165) is 12.8 Å². The van der Waals surface area contributed by atoms with Gasteiger partial charge in [-0.25, -0.2) is 0 Å². The highest BCUT2D eigenvalue weighted by atomic mass is 32.1. The number of nitrogens with one attached hydrogen (secondary N) is 1. The molecule has 1 fully saturated rings. The zero-order chi connectivity index (χ0) is 14.0. The van der Waals surface area contributed by atoms with Crippen LogP contribution in [0.3, 0.4) is 0 Å². The Bertz CT molecular complexity index is 441. The molecule has 0 aliphatic heterocycles. The molecule has 3 unspecified atom stereocenters. The molecule has 0 bridgehead atoms. The van der Waals surface area contributed by atoms with Crippen molar-refractivity contribution >= 4 is 17.2 Å². The lowest BCUT2D eigenvalue weighted by molar-refractivity contribution is -0.123. The molecule has 2 N–H and O–H groups in total. The smallest absolute Gasteiger partial charge is 0.224 e. The van der Waals surface area contributed by atoms with E-state index in [9.17, 15) is 9.90 Å². The summed E-state index contributed by atoms with van der Waals surface area (Å²) in [6, 6.07) is 2.01. The molecule has 19 heavy (non-hydrogen) atoms. The van der Waals surface area contributed by atoms with Crippen molar-refractivity contribution in [3.63, 3.8) is 0 Å². The van der Waals surface area contributed by atoms with Gasteiger partial charge in [0, 0.05) is 16.7 Å². The van der Waals surface area contributed by atoms with Gasteiger partial charge in [-0.1, -0.05) is 13.8 Å². The first-order valence-electron chi connectivity index (χ1n) is 6.98. The molecule has 1 aromatic heterocycles. The van der Waals surface area contributed by atoms with Gasteiger partial charge in [-0.2, -0.15) is 0 Å². The first-order valence-corrected chi connectivity index (χ1v) is 7.86. The minimum absolute atomic E-state index is 0.0271. The van der Waals surface area contributed by atoms with E-state index in [1.807, 2.05) is 0 Å². The molecule has 1 amide bonds. The number of hydrogen-bond donors (Lipinski definition) is 2. The van der Waals surface area contributed by atoms with Crippen molar-refractivity contribution in [1.29, 1.82) is 0 Å². The van der Waals surface area contributed by atoms with Gasteiger partial charge < -0.3 is 10.4 Å². The number of aliphatic hydroxyl groups is 1. The van der Waals surface area contributed by atoms with E-state index >= 15 is 0 Å². The van der Waals surface area contributed by atoms with Gasteiger partial charge in [0.05, 0.1) is 12.6 Å². The lowest BCUT2D eigenvalue weighted by Gasteiger charge is -2.18. The van der Waals surface area contributed by atoms with Crippen LogP contribution in [-0.2, 0) is 4.79 Å². The molecular weight excluding hydrogens is 258 g/mol. The number of carbonyl (C=O) groups is 1. The van der Waals surface area contributed by atoms with E-state index in [-0.39, 0.29) is 24.5 Å². The van der Waals surface area contributed by atoms with Crippen LogP contribution in [0.15, 0.2) is 11.4 Å². The van der Waals surface area contributed by atoms with E-state index in [0.29, 0.717) is 11.8 Å². The second kappa shape index (κ2) is 6.06. The molecule has 1 heterocycles. The molecule has 0 saturated heterocycles. The summed E-state index contributed by atoms with van der Waals surface area (Å²) in [5.41, 5.74) is 1.30. The summed E-state index contributed by atoms with van der Waals surface area (Å²) in [7, 11) is 0. The lowest BCUT2D eigenvalue weighted by atomic mass is 10.0. The topological polar surface area (TPSA) is 49.3 Å². The first-order chi connectivity index (χ1) is 9.02. The van der Waals surface area contributed by atoms with Gasteiger partial charge in [0.25, 0.3) is 0 Å². The highest BCUT2D eigenvalue weighted by Gasteiger charge is 2.45.